The molecule has 0 aromatic carbocycles. The molecule has 1 aliphatic carbocycles. The van der Waals surface area contributed by atoms with Gasteiger partial charge in [-0.05, 0) is 24.4 Å². The van der Waals surface area contributed by atoms with E-state index in [1.807, 2.05) is 0 Å². The number of aromatic nitrogens is 2. The van der Waals surface area contributed by atoms with Crippen molar-refractivity contribution in [3.05, 3.63) is 17.0 Å². The van der Waals surface area contributed by atoms with Crippen LogP contribution in [0.2, 0.25) is 5.28 Å². The third-order valence-corrected chi connectivity index (χ3v) is 3.47. The number of anilines is 1. The molecule has 7 nitrogen and oxygen atoms in total. The number of nitrogens with zero attached hydrogens (tertiary/aromatic N) is 4. The van der Waals surface area contributed by atoms with Crippen LogP contribution in [0.4, 0.5) is 19.4 Å². The largest absolute Gasteiger partial charge is 0.464 e. The second-order valence-corrected chi connectivity index (χ2v) is 5.22. The van der Waals surface area contributed by atoms with Crippen LogP contribution in [0.3, 0.4) is 0 Å². The molecule has 1 aliphatic rings. The van der Waals surface area contributed by atoms with E-state index < -0.39 is 24.5 Å². The quantitative estimate of drug-likeness (QED) is 0.652. The maximum atomic E-state index is 13.5. The molecule has 1 fully saturated rings. The topological polar surface area (TPSA) is 102 Å². The number of alkyl halides is 2. The van der Waals surface area contributed by atoms with Gasteiger partial charge < -0.3 is 5.11 Å². The minimum absolute atomic E-state index is 0.0433. The Bertz CT molecular complexity index is 622. The number of hydrogen-bond donors (Lipinski definition) is 2. The van der Waals surface area contributed by atoms with Gasteiger partial charge in [-0.25, -0.2) is 23.6 Å². The fourth-order valence-electron chi connectivity index (χ4n) is 2.30. The Kier molecular flexibility index (Phi) is 4.61. The Balaban J connectivity index is 2.25. The maximum Gasteiger partial charge on any atom is 0.426 e. The summed E-state index contributed by atoms with van der Waals surface area (Å²) in [5.41, 5.74) is 2.35. The van der Waals surface area contributed by atoms with Crippen molar-refractivity contribution in [2.75, 3.05) is 5.43 Å². The number of carbonyl (C=O) groups is 1. The van der Waals surface area contributed by atoms with E-state index in [2.05, 4.69) is 15.4 Å². The Morgan fingerprint density at radius 3 is 2.95 bits per heavy atom. The number of hydrogen-bond acceptors (Lipinski definition) is 5. The number of hydrazine groups is 1. The highest BCUT2D eigenvalue weighted by atomic mass is 35.5. The molecule has 2 N–H and O–H groups in total. The van der Waals surface area contributed by atoms with Gasteiger partial charge in [0.2, 0.25) is 11.2 Å². The molecule has 0 aliphatic heterocycles. The molecule has 1 unspecified atom stereocenters. The van der Waals surface area contributed by atoms with Crippen molar-refractivity contribution >= 4 is 23.5 Å². The Hall–Kier alpha value is -2.21. The van der Waals surface area contributed by atoms with Gasteiger partial charge in [0.15, 0.2) is 5.82 Å². The van der Waals surface area contributed by atoms with Gasteiger partial charge in [0, 0.05) is 12.8 Å². The molecule has 10 heteroatoms. The minimum atomic E-state index is -2.92. The fraction of sp³-hybridized carbons (Fsp3) is 0.500. The Morgan fingerprint density at radius 2 is 2.36 bits per heavy atom. The van der Waals surface area contributed by atoms with Crippen LogP contribution < -0.4 is 5.43 Å². The molecule has 1 aromatic rings. The third kappa shape index (κ3) is 3.71. The number of carboxylic acid groups (broad SMARTS) is 1. The molecule has 1 amide bonds. The van der Waals surface area contributed by atoms with E-state index in [9.17, 15) is 18.7 Å². The summed E-state index contributed by atoms with van der Waals surface area (Å²) in [4.78, 5) is 18.7. The van der Waals surface area contributed by atoms with Gasteiger partial charge in [0.05, 0.1) is 12.2 Å². The van der Waals surface area contributed by atoms with Gasteiger partial charge >= 0.3 is 6.09 Å². The summed E-state index contributed by atoms with van der Waals surface area (Å²) < 4.78 is 27.0. The summed E-state index contributed by atoms with van der Waals surface area (Å²) in [6, 6.07) is 0.843. The molecule has 22 heavy (non-hydrogen) atoms. The smallest absolute Gasteiger partial charge is 0.426 e. The molecular formula is C12H12ClF2N5O2. The lowest BCUT2D eigenvalue weighted by atomic mass is 9.92. The van der Waals surface area contributed by atoms with E-state index in [1.165, 1.54) is 0 Å². The SMILES string of the molecule is N#Cc1cnc(Cl)nc1NN(C(=O)O)C1CCCC(F)(F)C1. The second-order valence-electron chi connectivity index (χ2n) is 4.88. The zero-order valence-corrected chi connectivity index (χ0v) is 12.0. The molecule has 118 valence electrons. The lowest BCUT2D eigenvalue weighted by Gasteiger charge is -2.35. The molecule has 1 atom stereocenters. The number of halogens is 3. The van der Waals surface area contributed by atoms with Crippen LogP contribution in [0.5, 0.6) is 0 Å². The predicted octanol–water partition coefficient (Wildman–Crippen LogP) is 2.89. The summed E-state index contributed by atoms with van der Waals surface area (Å²) in [6.07, 6.45) is -0.685. The lowest BCUT2D eigenvalue weighted by molar-refractivity contribution is -0.0570. The Labute approximate surface area is 129 Å². The third-order valence-electron chi connectivity index (χ3n) is 3.29. The summed E-state index contributed by atoms with van der Waals surface area (Å²) in [7, 11) is 0. The standard InChI is InChI=1S/C12H12ClF2N5O2/c13-10-17-6-7(5-16)9(18-10)19-20(11(21)22)8-2-1-3-12(14,15)4-8/h6,8H,1-4H2,(H,21,22)(H,17,18,19). The van der Waals surface area contributed by atoms with Crippen LogP contribution in [0.15, 0.2) is 6.20 Å². The molecule has 0 bridgehead atoms. The van der Waals surface area contributed by atoms with Crippen molar-refractivity contribution in [3.8, 4) is 6.07 Å². The van der Waals surface area contributed by atoms with E-state index in [1.54, 1.807) is 6.07 Å². The summed E-state index contributed by atoms with van der Waals surface area (Å²) in [5, 5.41) is 18.7. The summed E-state index contributed by atoms with van der Waals surface area (Å²) in [5.74, 6) is -3.06. The van der Waals surface area contributed by atoms with E-state index in [4.69, 9.17) is 16.9 Å². The monoisotopic (exact) mass is 331 g/mol. The van der Waals surface area contributed by atoms with E-state index in [-0.39, 0.29) is 35.9 Å². The summed E-state index contributed by atoms with van der Waals surface area (Å²) in [6.45, 7) is 0. The highest BCUT2D eigenvalue weighted by Gasteiger charge is 2.40. The normalized spacial score (nSPS) is 20.0. The lowest BCUT2D eigenvalue weighted by Crippen LogP contribution is -2.48. The average molecular weight is 332 g/mol. The molecule has 1 aromatic heterocycles. The van der Waals surface area contributed by atoms with Gasteiger partial charge in [-0.15, -0.1) is 0 Å². The van der Waals surface area contributed by atoms with Crippen molar-refractivity contribution < 1.29 is 18.7 Å². The predicted molar refractivity (Wildman–Crippen MR) is 72.4 cm³/mol. The number of rotatable bonds is 3. The highest BCUT2D eigenvalue weighted by molar-refractivity contribution is 6.28. The van der Waals surface area contributed by atoms with Crippen LogP contribution >= 0.6 is 11.6 Å². The van der Waals surface area contributed by atoms with Crippen LogP contribution in [-0.2, 0) is 0 Å². The number of nitrogens with one attached hydrogen (secondary N) is 1. The fourth-order valence-corrected chi connectivity index (χ4v) is 2.44. The average Bonchev–Trinajstić information content (AvgIpc) is 2.43. The number of nitriles is 1. The number of amides is 1. The Morgan fingerprint density at radius 1 is 1.64 bits per heavy atom. The molecule has 0 saturated heterocycles. The first kappa shape index (κ1) is 16.2. The molecule has 0 radical (unpaired) electrons. The van der Waals surface area contributed by atoms with Crippen LogP contribution in [0.1, 0.15) is 31.2 Å². The first-order valence-electron chi connectivity index (χ1n) is 6.41. The first-order valence-corrected chi connectivity index (χ1v) is 6.79. The molecular weight excluding hydrogens is 320 g/mol. The van der Waals surface area contributed by atoms with Gasteiger partial charge in [-0.1, -0.05) is 0 Å². The van der Waals surface area contributed by atoms with Crippen LogP contribution in [0.25, 0.3) is 0 Å². The molecule has 2 rings (SSSR count). The van der Waals surface area contributed by atoms with Gasteiger partial charge in [0.1, 0.15) is 11.6 Å². The van der Waals surface area contributed by atoms with Gasteiger partial charge in [0.25, 0.3) is 0 Å². The highest BCUT2D eigenvalue weighted by Crippen LogP contribution is 2.35. The zero-order chi connectivity index (χ0) is 16.3. The van der Waals surface area contributed by atoms with Crippen LogP contribution in [-0.4, -0.2) is 38.1 Å². The van der Waals surface area contributed by atoms with Crippen molar-refractivity contribution in [2.24, 2.45) is 0 Å². The minimum Gasteiger partial charge on any atom is -0.464 e. The van der Waals surface area contributed by atoms with Crippen LogP contribution in [0, 0.1) is 11.3 Å². The molecule has 1 saturated carbocycles. The van der Waals surface area contributed by atoms with Crippen molar-refractivity contribution in [3.63, 3.8) is 0 Å². The van der Waals surface area contributed by atoms with Crippen molar-refractivity contribution in [1.82, 2.24) is 15.0 Å². The van der Waals surface area contributed by atoms with E-state index in [0.717, 1.165) is 6.20 Å². The van der Waals surface area contributed by atoms with E-state index >= 15 is 0 Å². The van der Waals surface area contributed by atoms with Crippen molar-refractivity contribution in [2.45, 2.75) is 37.6 Å². The first-order chi connectivity index (χ1) is 10.3. The van der Waals surface area contributed by atoms with E-state index in [0.29, 0.717) is 5.01 Å². The zero-order valence-electron chi connectivity index (χ0n) is 11.3. The van der Waals surface area contributed by atoms with Gasteiger partial charge in [-0.3, -0.25) is 5.43 Å². The second kappa shape index (κ2) is 6.27. The summed E-state index contributed by atoms with van der Waals surface area (Å²) >= 11 is 5.61. The molecule has 0 spiro atoms. The molecule has 1 heterocycles. The van der Waals surface area contributed by atoms with Gasteiger partial charge in [-0.2, -0.15) is 10.2 Å². The maximum absolute atomic E-state index is 13.5. The van der Waals surface area contributed by atoms with Crippen molar-refractivity contribution in [1.29, 1.82) is 5.26 Å².